The SMILES string of the molecule is C[C@H](NC(=O)c1ccco1)c1cccc(C(F)(F)F)c1. The average Bonchev–Trinajstić information content (AvgIpc) is 2.91. The molecule has 0 unspecified atom stereocenters. The van der Waals surface area contributed by atoms with E-state index in [4.69, 9.17) is 4.42 Å². The fraction of sp³-hybridized carbons (Fsp3) is 0.214. The molecule has 0 radical (unpaired) electrons. The van der Waals surface area contributed by atoms with Crippen LogP contribution in [0.1, 0.15) is 34.6 Å². The first-order valence-corrected chi connectivity index (χ1v) is 5.89. The molecule has 0 aliphatic rings. The maximum absolute atomic E-state index is 12.6. The van der Waals surface area contributed by atoms with Gasteiger partial charge in [-0.1, -0.05) is 12.1 Å². The molecule has 1 N–H and O–H groups in total. The Hall–Kier alpha value is -2.24. The molecule has 20 heavy (non-hydrogen) atoms. The zero-order valence-electron chi connectivity index (χ0n) is 10.6. The van der Waals surface area contributed by atoms with Crippen LogP contribution in [0.5, 0.6) is 0 Å². The third-order valence-corrected chi connectivity index (χ3v) is 2.81. The number of hydrogen-bond donors (Lipinski definition) is 1. The van der Waals surface area contributed by atoms with Crippen LogP contribution in [0.3, 0.4) is 0 Å². The predicted octanol–water partition coefficient (Wildman–Crippen LogP) is 3.79. The molecule has 0 aliphatic carbocycles. The number of carbonyl (C=O) groups excluding carboxylic acids is 1. The number of nitrogens with one attached hydrogen (secondary N) is 1. The van der Waals surface area contributed by atoms with Crippen molar-refractivity contribution in [1.29, 1.82) is 0 Å². The van der Waals surface area contributed by atoms with E-state index < -0.39 is 23.7 Å². The molecular formula is C14H12F3NO2. The van der Waals surface area contributed by atoms with Gasteiger partial charge in [0.2, 0.25) is 0 Å². The van der Waals surface area contributed by atoms with E-state index >= 15 is 0 Å². The second-order valence-electron chi connectivity index (χ2n) is 4.30. The minimum Gasteiger partial charge on any atom is -0.459 e. The summed E-state index contributed by atoms with van der Waals surface area (Å²) in [6.45, 7) is 1.61. The van der Waals surface area contributed by atoms with E-state index in [1.165, 1.54) is 24.5 Å². The standard InChI is InChI=1S/C14H12F3NO2/c1-9(18-13(19)12-6-3-7-20-12)10-4-2-5-11(8-10)14(15,16)17/h2-9H,1H3,(H,18,19)/t9-/m0/s1. The van der Waals surface area contributed by atoms with Gasteiger partial charge < -0.3 is 9.73 Å². The van der Waals surface area contributed by atoms with Gasteiger partial charge in [-0.25, -0.2) is 0 Å². The lowest BCUT2D eigenvalue weighted by Crippen LogP contribution is -2.26. The number of alkyl halides is 3. The van der Waals surface area contributed by atoms with Crippen molar-refractivity contribution < 1.29 is 22.4 Å². The van der Waals surface area contributed by atoms with Crippen molar-refractivity contribution >= 4 is 5.91 Å². The van der Waals surface area contributed by atoms with Crippen LogP contribution < -0.4 is 5.32 Å². The van der Waals surface area contributed by atoms with E-state index in [1.807, 2.05) is 0 Å². The number of hydrogen-bond acceptors (Lipinski definition) is 2. The Bertz CT molecular complexity index is 591. The van der Waals surface area contributed by atoms with Crippen LogP contribution in [0.4, 0.5) is 13.2 Å². The van der Waals surface area contributed by atoms with Gasteiger partial charge in [0.1, 0.15) is 0 Å². The molecule has 1 aromatic heterocycles. The Labute approximate surface area is 113 Å². The second-order valence-corrected chi connectivity index (χ2v) is 4.30. The van der Waals surface area contributed by atoms with Crippen LogP contribution in [0.2, 0.25) is 0 Å². The summed E-state index contributed by atoms with van der Waals surface area (Å²) >= 11 is 0. The third kappa shape index (κ3) is 3.20. The molecule has 0 bridgehead atoms. The van der Waals surface area contributed by atoms with Crippen molar-refractivity contribution in [3.63, 3.8) is 0 Å². The van der Waals surface area contributed by atoms with Gasteiger partial charge in [-0.2, -0.15) is 13.2 Å². The van der Waals surface area contributed by atoms with Crippen LogP contribution >= 0.6 is 0 Å². The molecule has 106 valence electrons. The van der Waals surface area contributed by atoms with Gasteiger partial charge in [0.05, 0.1) is 17.9 Å². The molecule has 1 heterocycles. The average molecular weight is 283 g/mol. The largest absolute Gasteiger partial charge is 0.459 e. The van der Waals surface area contributed by atoms with Crippen molar-refractivity contribution in [2.24, 2.45) is 0 Å². The molecule has 1 aromatic carbocycles. The van der Waals surface area contributed by atoms with Gasteiger partial charge in [0, 0.05) is 0 Å². The highest BCUT2D eigenvalue weighted by Gasteiger charge is 2.30. The molecule has 0 saturated carbocycles. The maximum atomic E-state index is 12.6. The number of amides is 1. The molecule has 0 saturated heterocycles. The monoisotopic (exact) mass is 283 g/mol. The number of benzene rings is 1. The fourth-order valence-electron chi connectivity index (χ4n) is 1.74. The molecule has 6 heteroatoms. The van der Waals surface area contributed by atoms with E-state index in [-0.39, 0.29) is 5.76 Å². The molecule has 0 fully saturated rings. The molecule has 3 nitrogen and oxygen atoms in total. The zero-order valence-corrected chi connectivity index (χ0v) is 10.6. The minimum atomic E-state index is -4.40. The normalized spacial score (nSPS) is 13.0. The number of carbonyl (C=O) groups is 1. The summed E-state index contributed by atoms with van der Waals surface area (Å²) in [5.41, 5.74) is -0.367. The fourth-order valence-corrected chi connectivity index (χ4v) is 1.74. The van der Waals surface area contributed by atoms with Gasteiger partial charge in [-0.05, 0) is 36.8 Å². The zero-order chi connectivity index (χ0) is 14.8. The quantitative estimate of drug-likeness (QED) is 0.931. The van der Waals surface area contributed by atoms with E-state index in [0.29, 0.717) is 5.56 Å². The topological polar surface area (TPSA) is 42.2 Å². The van der Waals surface area contributed by atoms with Crippen LogP contribution in [-0.2, 0) is 6.18 Å². The first-order valence-electron chi connectivity index (χ1n) is 5.89. The Morgan fingerprint density at radius 3 is 2.60 bits per heavy atom. The lowest BCUT2D eigenvalue weighted by Gasteiger charge is -2.15. The summed E-state index contributed by atoms with van der Waals surface area (Å²) in [4.78, 5) is 11.7. The van der Waals surface area contributed by atoms with Gasteiger partial charge in [-0.15, -0.1) is 0 Å². The molecule has 2 rings (SSSR count). The summed E-state index contributed by atoms with van der Waals surface area (Å²) in [6, 6.07) is 7.33. The maximum Gasteiger partial charge on any atom is 0.416 e. The van der Waals surface area contributed by atoms with Crippen molar-refractivity contribution in [2.45, 2.75) is 19.1 Å². The Kier molecular flexibility index (Phi) is 3.83. The predicted molar refractivity (Wildman–Crippen MR) is 66.0 cm³/mol. The molecule has 1 amide bonds. The van der Waals surface area contributed by atoms with E-state index in [0.717, 1.165) is 12.1 Å². The van der Waals surface area contributed by atoms with Crippen molar-refractivity contribution in [3.8, 4) is 0 Å². The Morgan fingerprint density at radius 1 is 1.25 bits per heavy atom. The lowest BCUT2D eigenvalue weighted by atomic mass is 10.0. The van der Waals surface area contributed by atoms with Crippen LogP contribution in [0.15, 0.2) is 47.1 Å². The number of halogens is 3. The highest BCUT2D eigenvalue weighted by Crippen LogP contribution is 2.30. The number of rotatable bonds is 3. The van der Waals surface area contributed by atoms with E-state index in [1.54, 1.807) is 13.0 Å². The van der Waals surface area contributed by atoms with Crippen LogP contribution in [-0.4, -0.2) is 5.91 Å². The highest BCUT2D eigenvalue weighted by molar-refractivity contribution is 5.91. The highest BCUT2D eigenvalue weighted by atomic mass is 19.4. The van der Waals surface area contributed by atoms with Crippen molar-refractivity contribution in [3.05, 3.63) is 59.5 Å². The third-order valence-electron chi connectivity index (χ3n) is 2.81. The smallest absolute Gasteiger partial charge is 0.416 e. The van der Waals surface area contributed by atoms with E-state index in [2.05, 4.69) is 5.32 Å². The number of furan rings is 1. The van der Waals surface area contributed by atoms with Crippen molar-refractivity contribution in [1.82, 2.24) is 5.32 Å². The van der Waals surface area contributed by atoms with Crippen LogP contribution in [0, 0.1) is 0 Å². The van der Waals surface area contributed by atoms with Gasteiger partial charge in [0.15, 0.2) is 5.76 Å². The summed E-state index contributed by atoms with van der Waals surface area (Å²) in [5, 5.41) is 2.58. The molecular weight excluding hydrogens is 271 g/mol. The summed E-state index contributed by atoms with van der Waals surface area (Å²) in [7, 11) is 0. The first-order chi connectivity index (χ1) is 9.38. The summed E-state index contributed by atoms with van der Waals surface area (Å²) in [6.07, 6.45) is -3.05. The lowest BCUT2D eigenvalue weighted by molar-refractivity contribution is -0.137. The minimum absolute atomic E-state index is 0.115. The first kappa shape index (κ1) is 14.2. The van der Waals surface area contributed by atoms with Crippen LogP contribution in [0.25, 0.3) is 0 Å². The van der Waals surface area contributed by atoms with Crippen molar-refractivity contribution in [2.75, 3.05) is 0 Å². The van der Waals surface area contributed by atoms with Gasteiger partial charge in [-0.3, -0.25) is 4.79 Å². The molecule has 0 aliphatic heterocycles. The molecule has 0 spiro atoms. The molecule has 1 atom stereocenters. The second kappa shape index (κ2) is 5.40. The molecule has 2 aromatic rings. The summed E-state index contributed by atoms with van der Waals surface area (Å²) in [5.74, 6) is -0.358. The van der Waals surface area contributed by atoms with Gasteiger partial charge >= 0.3 is 6.18 Å². The summed E-state index contributed by atoms with van der Waals surface area (Å²) < 4.78 is 42.8. The Morgan fingerprint density at radius 2 is 2.00 bits per heavy atom. The Balaban J connectivity index is 2.13. The van der Waals surface area contributed by atoms with E-state index in [9.17, 15) is 18.0 Å². The van der Waals surface area contributed by atoms with Gasteiger partial charge in [0.25, 0.3) is 5.91 Å².